The molecule has 2 unspecified atom stereocenters. The fourth-order valence-corrected chi connectivity index (χ4v) is 2.96. The highest BCUT2D eigenvalue weighted by molar-refractivity contribution is 5.79. The van der Waals surface area contributed by atoms with Crippen molar-refractivity contribution < 1.29 is 9.47 Å². The van der Waals surface area contributed by atoms with Crippen LogP contribution in [0.4, 0.5) is 5.82 Å². The third-order valence-electron chi connectivity index (χ3n) is 4.08. The quantitative estimate of drug-likeness (QED) is 0.669. The molecule has 8 nitrogen and oxygen atoms in total. The van der Waals surface area contributed by atoms with Crippen molar-refractivity contribution in [3.05, 3.63) is 41.1 Å². The zero-order chi connectivity index (χ0) is 16.5. The number of benzene rings is 1. The van der Waals surface area contributed by atoms with E-state index in [0.29, 0.717) is 24.3 Å². The first-order chi connectivity index (χ1) is 11.7. The van der Waals surface area contributed by atoms with Crippen molar-refractivity contribution in [2.24, 2.45) is 7.05 Å². The molecule has 2 atom stereocenters. The van der Waals surface area contributed by atoms with Gasteiger partial charge in [-0.05, 0) is 12.1 Å². The summed E-state index contributed by atoms with van der Waals surface area (Å²) in [6.07, 6.45) is 4.45. The average Bonchev–Trinajstić information content (AvgIpc) is 3.14. The van der Waals surface area contributed by atoms with Gasteiger partial charge in [-0.3, -0.25) is 15.0 Å². The highest BCUT2D eigenvalue weighted by Crippen LogP contribution is 2.21. The number of aromatic amines is 2. The molecule has 1 aromatic carbocycles. The van der Waals surface area contributed by atoms with E-state index in [1.165, 1.54) is 0 Å². The van der Waals surface area contributed by atoms with E-state index in [9.17, 15) is 4.79 Å². The van der Waals surface area contributed by atoms with Gasteiger partial charge in [-0.25, -0.2) is 4.98 Å². The van der Waals surface area contributed by atoms with E-state index in [4.69, 9.17) is 9.47 Å². The number of H-pyrrole nitrogens is 2. The van der Waals surface area contributed by atoms with E-state index in [2.05, 4.69) is 20.5 Å². The molecular formula is C16H19N5O3. The van der Waals surface area contributed by atoms with Crippen LogP contribution < -0.4 is 15.6 Å². The summed E-state index contributed by atoms with van der Waals surface area (Å²) in [4.78, 5) is 15.8. The van der Waals surface area contributed by atoms with E-state index in [0.717, 1.165) is 17.8 Å². The number of rotatable bonds is 4. The van der Waals surface area contributed by atoms with Crippen LogP contribution in [0.2, 0.25) is 0 Å². The van der Waals surface area contributed by atoms with E-state index in [1.807, 2.05) is 23.9 Å². The van der Waals surface area contributed by atoms with Crippen molar-refractivity contribution in [3.8, 4) is 5.75 Å². The molecule has 126 valence electrons. The van der Waals surface area contributed by atoms with Gasteiger partial charge in [-0.15, -0.1) is 0 Å². The molecule has 1 fully saturated rings. The van der Waals surface area contributed by atoms with E-state index < -0.39 is 0 Å². The SMILES string of the molecule is Cn1cnc(NC2COCC(Oc3ccc4c(=O)[nH][nH]c4c3)C2)c1. The minimum atomic E-state index is -0.128. The third-order valence-corrected chi connectivity index (χ3v) is 4.08. The monoisotopic (exact) mass is 329 g/mol. The summed E-state index contributed by atoms with van der Waals surface area (Å²) in [7, 11) is 1.93. The van der Waals surface area contributed by atoms with Gasteiger partial charge in [0.1, 0.15) is 17.7 Å². The Morgan fingerprint density at radius 3 is 3.12 bits per heavy atom. The number of nitrogens with zero attached hydrogens (tertiary/aromatic N) is 2. The highest BCUT2D eigenvalue weighted by atomic mass is 16.5. The van der Waals surface area contributed by atoms with E-state index in [-0.39, 0.29) is 17.7 Å². The Bertz CT molecular complexity index is 896. The third kappa shape index (κ3) is 3.00. The van der Waals surface area contributed by atoms with Crippen LogP contribution in [0, 0.1) is 0 Å². The van der Waals surface area contributed by atoms with E-state index >= 15 is 0 Å². The predicted molar refractivity (Wildman–Crippen MR) is 89.4 cm³/mol. The Labute approximate surface area is 137 Å². The molecule has 2 aromatic heterocycles. The molecule has 0 saturated carbocycles. The molecule has 4 rings (SSSR count). The Kier molecular flexibility index (Phi) is 3.73. The molecule has 1 aliphatic heterocycles. The van der Waals surface area contributed by atoms with Crippen molar-refractivity contribution in [1.82, 2.24) is 19.7 Å². The topological polar surface area (TPSA) is 97.0 Å². The molecule has 1 aliphatic rings. The number of nitrogens with one attached hydrogen (secondary N) is 3. The van der Waals surface area contributed by atoms with Crippen LogP contribution in [0.5, 0.6) is 5.75 Å². The van der Waals surface area contributed by atoms with Gasteiger partial charge in [-0.1, -0.05) is 0 Å². The first-order valence-electron chi connectivity index (χ1n) is 7.87. The van der Waals surface area contributed by atoms with Gasteiger partial charge < -0.3 is 19.4 Å². The summed E-state index contributed by atoms with van der Waals surface area (Å²) in [6, 6.07) is 5.53. The Hall–Kier alpha value is -2.74. The lowest BCUT2D eigenvalue weighted by atomic mass is 10.1. The summed E-state index contributed by atoms with van der Waals surface area (Å²) in [6.45, 7) is 1.17. The lowest BCUT2D eigenvalue weighted by Crippen LogP contribution is -2.40. The van der Waals surface area contributed by atoms with Crippen molar-refractivity contribution in [1.29, 1.82) is 0 Å². The predicted octanol–water partition coefficient (Wildman–Crippen LogP) is 1.24. The molecule has 1 saturated heterocycles. The second kappa shape index (κ2) is 6.04. The molecule has 8 heteroatoms. The van der Waals surface area contributed by atoms with Gasteiger partial charge in [0.05, 0.1) is 36.5 Å². The molecule has 3 N–H and O–H groups in total. The van der Waals surface area contributed by atoms with Crippen molar-refractivity contribution in [2.75, 3.05) is 18.5 Å². The summed E-state index contributed by atoms with van der Waals surface area (Å²) < 4.78 is 13.6. The maximum absolute atomic E-state index is 11.5. The number of imidazole rings is 1. The van der Waals surface area contributed by atoms with Gasteiger partial charge in [0.25, 0.3) is 5.56 Å². The minimum absolute atomic E-state index is 0.0527. The van der Waals surface area contributed by atoms with Crippen LogP contribution in [0.1, 0.15) is 6.42 Å². The maximum atomic E-state index is 11.5. The number of fused-ring (bicyclic) bond motifs is 1. The van der Waals surface area contributed by atoms with Crippen molar-refractivity contribution in [2.45, 2.75) is 18.6 Å². The number of aromatic nitrogens is 4. The smallest absolute Gasteiger partial charge is 0.271 e. The Morgan fingerprint density at radius 2 is 2.29 bits per heavy atom. The zero-order valence-electron chi connectivity index (χ0n) is 13.3. The average molecular weight is 329 g/mol. The largest absolute Gasteiger partial charge is 0.488 e. The maximum Gasteiger partial charge on any atom is 0.271 e. The number of hydrogen-bond donors (Lipinski definition) is 3. The van der Waals surface area contributed by atoms with Gasteiger partial charge in [0, 0.05) is 25.7 Å². The van der Waals surface area contributed by atoms with Gasteiger partial charge in [0.15, 0.2) is 0 Å². The summed E-state index contributed by atoms with van der Waals surface area (Å²) in [5, 5.41) is 9.38. The standard InChI is InChI=1S/C16H19N5O3/c1-21-6-15(17-9-21)18-10-4-12(8-23-7-10)24-11-2-3-13-14(5-11)19-20-16(13)22/h2-3,5-6,9-10,12,18H,4,7-8H2,1H3,(H2,19,20,22). The minimum Gasteiger partial charge on any atom is -0.488 e. The second-order valence-electron chi connectivity index (χ2n) is 6.07. The number of ether oxygens (including phenoxy) is 2. The molecule has 3 aromatic rings. The Balaban J connectivity index is 1.42. The molecule has 0 aliphatic carbocycles. The van der Waals surface area contributed by atoms with Gasteiger partial charge in [-0.2, -0.15) is 0 Å². The zero-order valence-corrected chi connectivity index (χ0v) is 13.3. The fourth-order valence-electron chi connectivity index (χ4n) is 2.96. The normalized spacial score (nSPS) is 21.0. The van der Waals surface area contributed by atoms with Crippen LogP contribution in [0.15, 0.2) is 35.5 Å². The number of hydrogen-bond acceptors (Lipinski definition) is 5. The van der Waals surface area contributed by atoms with Crippen molar-refractivity contribution in [3.63, 3.8) is 0 Å². The fraction of sp³-hybridized carbons (Fsp3) is 0.375. The van der Waals surface area contributed by atoms with Crippen LogP contribution in [0.3, 0.4) is 0 Å². The van der Waals surface area contributed by atoms with Crippen LogP contribution in [-0.4, -0.2) is 45.1 Å². The number of aryl methyl sites for hydroxylation is 1. The first kappa shape index (κ1) is 14.8. The van der Waals surface area contributed by atoms with E-state index in [1.54, 1.807) is 18.5 Å². The molecule has 3 heterocycles. The summed E-state index contributed by atoms with van der Waals surface area (Å²) in [5.41, 5.74) is 0.606. The molecule has 24 heavy (non-hydrogen) atoms. The lowest BCUT2D eigenvalue weighted by Gasteiger charge is -2.30. The van der Waals surface area contributed by atoms with Crippen LogP contribution >= 0.6 is 0 Å². The lowest BCUT2D eigenvalue weighted by molar-refractivity contribution is 0.000778. The van der Waals surface area contributed by atoms with Crippen molar-refractivity contribution >= 4 is 16.7 Å². The molecular weight excluding hydrogens is 310 g/mol. The summed E-state index contributed by atoms with van der Waals surface area (Å²) in [5.74, 6) is 1.54. The number of anilines is 1. The highest BCUT2D eigenvalue weighted by Gasteiger charge is 2.24. The molecule has 0 bridgehead atoms. The van der Waals surface area contributed by atoms with Gasteiger partial charge in [0.2, 0.25) is 0 Å². The first-order valence-corrected chi connectivity index (χ1v) is 7.87. The molecule has 0 amide bonds. The second-order valence-corrected chi connectivity index (χ2v) is 6.07. The van der Waals surface area contributed by atoms with Gasteiger partial charge >= 0.3 is 0 Å². The van der Waals surface area contributed by atoms with Crippen LogP contribution in [-0.2, 0) is 11.8 Å². The molecule has 0 spiro atoms. The molecule has 0 radical (unpaired) electrons. The van der Waals surface area contributed by atoms with Crippen LogP contribution in [0.25, 0.3) is 10.9 Å². The Morgan fingerprint density at radius 1 is 1.38 bits per heavy atom. The summed E-state index contributed by atoms with van der Waals surface area (Å²) >= 11 is 0.